The second-order valence-electron chi connectivity index (χ2n) is 8.91. The number of unbranched alkanes of at least 4 members (excludes halogenated alkanes) is 1. The van der Waals surface area contributed by atoms with Gasteiger partial charge in [-0.3, -0.25) is 14.5 Å². The Balaban J connectivity index is 1.26. The monoisotopic (exact) mass is 499 g/mol. The lowest BCUT2D eigenvalue weighted by atomic mass is 10.1. The van der Waals surface area contributed by atoms with Gasteiger partial charge in [0.05, 0.1) is 10.6 Å². The fourth-order valence-corrected chi connectivity index (χ4v) is 5.04. The van der Waals surface area contributed by atoms with Crippen molar-refractivity contribution in [1.82, 2.24) is 10.2 Å². The number of nitrogens with zero attached hydrogens (tertiary/aromatic N) is 1. The van der Waals surface area contributed by atoms with Gasteiger partial charge in [-0.1, -0.05) is 79.7 Å². The molecule has 0 saturated carbocycles. The Hall–Kier alpha value is -3.35. The first-order chi connectivity index (χ1) is 17.6. The Morgan fingerprint density at radius 1 is 0.944 bits per heavy atom. The van der Waals surface area contributed by atoms with Crippen LogP contribution in [0.15, 0.2) is 88.7 Å². The Morgan fingerprint density at radius 3 is 2.44 bits per heavy atom. The van der Waals surface area contributed by atoms with Gasteiger partial charge in [-0.05, 0) is 60.9 Å². The molecule has 0 unspecified atom stereocenters. The van der Waals surface area contributed by atoms with Gasteiger partial charge >= 0.3 is 0 Å². The van der Waals surface area contributed by atoms with Crippen molar-refractivity contribution in [3.8, 4) is 0 Å². The van der Waals surface area contributed by atoms with E-state index in [1.54, 1.807) is 0 Å². The number of rotatable bonds is 11. The Bertz CT molecular complexity index is 1190. The Kier molecular flexibility index (Phi) is 9.36. The molecular formula is C30H33N3O2S. The largest absolute Gasteiger partial charge is 0.352 e. The van der Waals surface area contributed by atoms with Crippen molar-refractivity contribution in [2.45, 2.75) is 37.6 Å². The molecule has 0 radical (unpaired) electrons. The topological polar surface area (TPSA) is 61.4 Å². The summed E-state index contributed by atoms with van der Waals surface area (Å²) < 4.78 is 0. The van der Waals surface area contributed by atoms with Crippen LogP contribution in [0.25, 0.3) is 6.08 Å². The summed E-state index contributed by atoms with van der Waals surface area (Å²) in [6.45, 7) is 5.80. The van der Waals surface area contributed by atoms with Crippen LogP contribution in [0.1, 0.15) is 47.7 Å². The van der Waals surface area contributed by atoms with E-state index in [1.165, 1.54) is 30.2 Å². The first-order valence-corrected chi connectivity index (χ1v) is 13.4. The van der Waals surface area contributed by atoms with Crippen molar-refractivity contribution in [2.24, 2.45) is 0 Å². The molecule has 0 aliphatic carbocycles. The molecule has 186 valence electrons. The molecule has 0 spiro atoms. The average Bonchev–Trinajstić information content (AvgIpc) is 2.91. The van der Waals surface area contributed by atoms with Crippen LogP contribution in [-0.4, -0.2) is 36.3 Å². The molecule has 1 aliphatic heterocycles. The molecule has 3 aromatic rings. The first-order valence-electron chi connectivity index (χ1n) is 12.6. The van der Waals surface area contributed by atoms with Gasteiger partial charge in [-0.25, -0.2) is 0 Å². The minimum absolute atomic E-state index is 0.0731. The van der Waals surface area contributed by atoms with E-state index in [0.717, 1.165) is 42.2 Å². The first kappa shape index (κ1) is 25.7. The van der Waals surface area contributed by atoms with Crippen LogP contribution in [0.5, 0.6) is 0 Å². The van der Waals surface area contributed by atoms with Gasteiger partial charge in [0.2, 0.25) is 0 Å². The summed E-state index contributed by atoms with van der Waals surface area (Å²) in [5.41, 5.74) is 3.66. The maximum absolute atomic E-state index is 12.6. The number of anilines is 1. The number of nitrogens with one attached hydrogen (secondary N) is 2. The van der Waals surface area contributed by atoms with E-state index < -0.39 is 0 Å². The highest BCUT2D eigenvalue weighted by Crippen LogP contribution is 2.38. The fraction of sp³-hybridized carbons (Fsp3) is 0.267. The molecule has 0 aromatic heterocycles. The van der Waals surface area contributed by atoms with Crippen molar-refractivity contribution in [1.29, 1.82) is 0 Å². The zero-order valence-electron chi connectivity index (χ0n) is 20.7. The van der Waals surface area contributed by atoms with Gasteiger partial charge in [-0.15, -0.1) is 0 Å². The molecule has 6 heteroatoms. The molecule has 36 heavy (non-hydrogen) atoms. The third kappa shape index (κ3) is 7.33. The molecule has 2 amide bonds. The van der Waals surface area contributed by atoms with Crippen LogP contribution in [-0.2, 0) is 11.3 Å². The van der Waals surface area contributed by atoms with E-state index in [9.17, 15) is 9.59 Å². The molecule has 0 saturated heterocycles. The third-order valence-corrected chi connectivity index (χ3v) is 7.16. The predicted molar refractivity (Wildman–Crippen MR) is 149 cm³/mol. The second kappa shape index (κ2) is 13.1. The molecule has 0 atom stereocenters. The molecular weight excluding hydrogens is 466 g/mol. The van der Waals surface area contributed by atoms with Gasteiger partial charge in [0, 0.05) is 30.1 Å². The van der Waals surface area contributed by atoms with E-state index >= 15 is 0 Å². The minimum Gasteiger partial charge on any atom is -0.352 e. The number of hydrogen-bond acceptors (Lipinski definition) is 4. The molecule has 3 aromatic carbocycles. The smallest absolute Gasteiger partial charge is 0.262 e. The van der Waals surface area contributed by atoms with Gasteiger partial charge in [0.25, 0.3) is 11.8 Å². The molecule has 0 fully saturated rings. The van der Waals surface area contributed by atoms with Crippen LogP contribution >= 0.6 is 11.8 Å². The zero-order valence-corrected chi connectivity index (χ0v) is 21.5. The predicted octanol–water partition coefficient (Wildman–Crippen LogP) is 6.19. The zero-order chi connectivity index (χ0) is 25.2. The number of carbonyl (C=O) groups is 2. The van der Waals surface area contributed by atoms with Gasteiger partial charge in [-0.2, -0.15) is 0 Å². The second-order valence-corrected chi connectivity index (χ2v) is 9.99. The fourth-order valence-electron chi connectivity index (χ4n) is 4.08. The number of fused-ring (bicyclic) bond motifs is 1. The van der Waals surface area contributed by atoms with Crippen molar-refractivity contribution < 1.29 is 9.59 Å². The number of thioether (sulfide) groups is 1. The summed E-state index contributed by atoms with van der Waals surface area (Å²) in [6.07, 6.45) is 5.11. The summed E-state index contributed by atoms with van der Waals surface area (Å²) >= 11 is 1.46. The number of hydrogen-bond donors (Lipinski definition) is 2. The lowest BCUT2D eigenvalue weighted by molar-refractivity contribution is -0.112. The van der Waals surface area contributed by atoms with E-state index in [-0.39, 0.29) is 11.8 Å². The molecule has 0 bridgehead atoms. The molecule has 5 nitrogen and oxygen atoms in total. The molecule has 1 heterocycles. The summed E-state index contributed by atoms with van der Waals surface area (Å²) in [5, 5.41) is 5.97. The highest BCUT2D eigenvalue weighted by atomic mass is 32.2. The lowest BCUT2D eigenvalue weighted by Crippen LogP contribution is -2.30. The maximum Gasteiger partial charge on any atom is 0.262 e. The summed E-state index contributed by atoms with van der Waals surface area (Å²) in [4.78, 5) is 29.2. The standard InChI is InChI=1S/C30H33N3O2S/c1-2-3-19-33(22-24-10-5-4-6-11-24)20-9-18-31-29(34)25-16-14-23(15-17-25)21-28-30(35)32-26-12-7-8-13-27(26)36-28/h4-8,10-17,21H,2-3,9,18-20,22H2,1H3,(H,31,34)(H,32,35). The third-order valence-electron chi connectivity index (χ3n) is 6.06. The molecule has 1 aliphatic rings. The van der Waals surface area contributed by atoms with E-state index in [4.69, 9.17) is 0 Å². The minimum atomic E-state index is -0.110. The van der Waals surface area contributed by atoms with E-state index in [1.807, 2.05) is 60.7 Å². The number of carbonyl (C=O) groups excluding carboxylic acids is 2. The maximum atomic E-state index is 12.6. The summed E-state index contributed by atoms with van der Waals surface area (Å²) in [5.74, 6) is -0.183. The number of para-hydroxylation sites is 1. The van der Waals surface area contributed by atoms with Crippen molar-refractivity contribution >= 4 is 35.3 Å². The molecule has 2 N–H and O–H groups in total. The van der Waals surface area contributed by atoms with Gasteiger partial charge in [0.1, 0.15) is 0 Å². The summed E-state index contributed by atoms with van der Waals surface area (Å²) in [7, 11) is 0. The normalized spacial score (nSPS) is 13.9. The van der Waals surface area contributed by atoms with Crippen molar-refractivity contribution in [3.63, 3.8) is 0 Å². The Morgan fingerprint density at radius 2 is 1.67 bits per heavy atom. The van der Waals surface area contributed by atoms with Crippen molar-refractivity contribution in [3.05, 3.63) is 100 Å². The number of benzene rings is 3. The van der Waals surface area contributed by atoms with E-state index in [0.29, 0.717) is 17.0 Å². The van der Waals surface area contributed by atoms with E-state index in [2.05, 4.69) is 46.7 Å². The van der Waals surface area contributed by atoms with Gasteiger partial charge < -0.3 is 10.6 Å². The number of amides is 2. The SMILES string of the molecule is CCCCN(CCCNC(=O)c1ccc(C=C2Sc3ccccc3NC2=O)cc1)Cc1ccccc1. The van der Waals surface area contributed by atoms with Gasteiger partial charge in [0.15, 0.2) is 0 Å². The van der Waals surface area contributed by atoms with Crippen LogP contribution in [0, 0.1) is 0 Å². The average molecular weight is 500 g/mol. The summed E-state index contributed by atoms with van der Waals surface area (Å²) in [6, 6.07) is 25.7. The van der Waals surface area contributed by atoms with Crippen LogP contribution < -0.4 is 10.6 Å². The van der Waals surface area contributed by atoms with Crippen molar-refractivity contribution in [2.75, 3.05) is 25.0 Å². The molecule has 4 rings (SSSR count). The lowest BCUT2D eigenvalue weighted by Gasteiger charge is -2.22. The van der Waals surface area contributed by atoms with Crippen LogP contribution in [0.2, 0.25) is 0 Å². The van der Waals surface area contributed by atoms with Crippen LogP contribution in [0.3, 0.4) is 0 Å². The highest BCUT2D eigenvalue weighted by molar-refractivity contribution is 8.04. The Labute approximate surface area is 218 Å². The highest BCUT2D eigenvalue weighted by Gasteiger charge is 2.20. The van der Waals surface area contributed by atoms with Crippen LogP contribution in [0.4, 0.5) is 5.69 Å². The quantitative estimate of drug-likeness (QED) is 0.244.